The fraction of sp³-hybridized carbons (Fsp3) is 0.167. The maximum atomic E-state index is 12.0. The molecule has 0 saturated carbocycles. The molecule has 0 unspecified atom stereocenters. The van der Waals surface area contributed by atoms with E-state index in [0.29, 0.717) is 11.8 Å². The number of aromatic nitrogens is 3. The van der Waals surface area contributed by atoms with Gasteiger partial charge in [-0.05, 0) is 43.3 Å². The van der Waals surface area contributed by atoms with Gasteiger partial charge in [0.15, 0.2) is 0 Å². The normalized spacial score (nSPS) is 10.4. The largest absolute Gasteiger partial charge is 0.494 e. The monoisotopic (exact) mass is 354 g/mol. The molecule has 1 aromatic heterocycles. The second kappa shape index (κ2) is 8.34. The summed E-state index contributed by atoms with van der Waals surface area (Å²) in [4.78, 5) is 16.3. The van der Waals surface area contributed by atoms with Crippen molar-refractivity contribution in [2.24, 2.45) is 0 Å². The first kappa shape index (κ1) is 17.0. The smallest absolute Gasteiger partial charge is 0.234 e. The molecular formula is C18H18N4O2S. The number of amides is 1. The van der Waals surface area contributed by atoms with E-state index in [-0.39, 0.29) is 11.7 Å². The number of nitrogens with one attached hydrogen (secondary N) is 1. The Kier molecular flexibility index (Phi) is 5.69. The first-order valence-electron chi connectivity index (χ1n) is 7.87. The lowest BCUT2D eigenvalue weighted by Gasteiger charge is -2.06. The number of carbonyl (C=O) groups is 1. The molecule has 7 heteroatoms. The van der Waals surface area contributed by atoms with Crippen LogP contribution >= 0.6 is 11.8 Å². The number of rotatable bonds is 7. The van der Waals surface area contributed by atoms with E-state index in [2.05, 4.69) is 15.4 Å². The standard InChI is InChI=1S/C18H18N4O2S/c1-2-24-16-10-8-14(9-11-16)20-17(23)12-25-18-19-13-22(21-18)15-6-4-3-5-7-15/h3-11,13H,2,12H2,1H3,(H,20,23). The van der Waals surface area contributed by atoms with Gasteiger partial charge in [0, 0.05) is 5.69 Å². The van der Waals surface area contributed by atoms with Crippen LogP contribution in [-0.2, 0) is 4.79 Å². The molecule has 0 aliphatic rings. The van der Waals surface area contributed by atoms with Crippen molar-refractivity contribution in [3.05, 3.63) is 60.9 Å². The van der Waals surface area contributed by atoms with Crippen molar-refractivity contribution < 1.29 is 9.53 Å². The number of thioether (sulfide) groups is 1. The van der Waals surface area contributed by atoms with E-state index in [1.165, 1.54) is 11.8 Å². The van der Waals surface area contributed by atoms with Crippen molar-refractivity contribution in [2.45, 2.75) is 12.1 Å². The van der Waals surface area contributed by atoms with Crippen LogP contribution in [0.25, 0.3) is 5.69 Å². The molecule has 25 heavy (non-hydrogen) atoms. The molecule has 0 radical (unpaired) electrons. The van der Waals surface area contributed by atoms with Gasteiger partial charge in [0.2, 0.25) is 11.1 Å². The average molecular weight is 354 g/mol. The van der Waals surface area contributed by atoms with E-state index in [1.807, 2.05) is 61.5 Å². The molecule has 3 rings (SSSR count). The first-order chi connectivity index (χ1) is 12.2. The van der Waals surface area contributed by atoms with Crippen molar-refractivity contribution in [3.8, 4) is 11.4 Å². The number of ether oxygens (including phenoxy) is 1. The second-order valence-corrected chi connectivity index (χ2v) is 6.04. The van der Waals surface area contributed by atoms with Crippen molar-refractivity contribution >= 4 is 23.4 Å². The lowest BCUT2D eigenvalue weighted by atomic mass is 10.3. The number of benzene rings is 2. The Hall–Kier alpha value is -2.80. The number of anilines is 1. The molecule has 0 spiro atoms. The summed E-state index contributed by atoms with van der Waals surface area (Å²) in [5, 5.41) is 7.77. The summed E-state index contributed by atoms with van der Waals surface area (Å²) in [6.45, 7) is 2.55. The highest BCUT2D eigenvalue weighted by Crippen LogP contribution is 2.17. The predicted molar refractivity (Wildman–Crippen MR) is 98.3 cm³/mol. The van der Waals surface area contributed by atoms with Gasteiger partial charge in [-0.25, -0.2) is 9.67 Å². The van der Waals surface area contributed by atoms with Crippen molar-refractivity contribution in [2.75, 3.05) is 17.7 Å². The fourth-order valence-electron chi connectivity index (χ4n) is 2.15. The van der Waals surface area contributed by atoms with Gasteiger partial charge in [0.25, 0.3) is 0 Å². The molecule has 0 saturated heterocycles. The zero-order chi connectivity index (χ0) is 17.5. The van der Waals surface area contributed by atoms with Gasteiger partial charge in [-0.1, -0.05) is 30.0 Å². The van der Waals surface area contributed by atoms with Crippen molar-refractivity contribution in [1.29, 1.82) is 0 Å². The summed E-state index contributed by atoms with van der Waals surface area (Å²) in [6.07, 6.45) is 1.64. The van der Waals surface area contributed by atoms with Gasteiger partial charge >= 0.3 is 0 Å². The Bertz CT molecular complexity index is 819. The molecule has 0 bridgehead atoms. The van der Waals surface area contributed by atoms with Crippen molar-refractivity contribution in [3.63, 3.8) is 0 Å². The Morgan fingerprint density at radius 2 is 1.92 bits per heavy atom. The quantitative estimate of drug-likeness (QED) is 0.659. The zero-order valence-corrected chi connectivity index (χ0v) is 14.6. The van der Waals surface area contributed by atoms with Crippen molar-refractivity contribution in [1.82, 2.24) is 14.8 Å². The molecule has 3 aromatic rings. The third-order valence-electron chi connectivity index (χ3n) is 3.27. The summed E-state index contributed by atoms with van der Waals surface area (Å²) in [7, 11) is 0. The SMILES string of the molecule is CCOc1ccc(NC(=O)CSc2ncn(-c3ccccc3)n2)cc1. The number of nitrogens with zero attached hydrogens (tertiary/aromatic N) is 3. The van der Waals surface area contributed by atoms with Crippen LogP contribution in [0.1, 0.15) is 6.92 Å². The fourth-order valence-corrected chi connectivity index (χ4v) is 2.75. The molecule has 0 fully saturated rings. The first-order valence-corrected chi connectivity index (χ1v) is 8.86. The van der Waals surface area contributed by atoms with Gasteiger partial charge < -0.3 is 10.1 Å². The highest BCUT2D eigenvalue weighted by Gasteiger charge is 2.08. The van der Waals surface area contributed by atoms with Crippen LogP contribution in [0.4, 0.5) is 5.69 Å². The number of hydrogen-bond donors (Lipinski definition) is 1. The van der Waals surface area contributed by atoms with E-state index in [9.17, 15) is 4.79 Å². The molecule has 1 N–H and O–H groups in total. The van der Waals surface area contributed by atoms with Gasteiger partial charge in [0.1, 0.15) is 12.1 Å². The Morgan fingerprint density at radius 1 is 1.16 bits per heavy atom. The van der Waals surface area contributed by atoms with E-state index < -0.39 is 0 Å². The second-order valence-electron chi connectivity index (χ2n) is 5.10. The van der Waals surface area contributed by atoms with Crippen LogP contribution in [0, 0.1) is 0 Å². The maximum Gasteiger partial charge on any atom is 0.234 e. The number of hydrogen-bond acceptors (Lipinski definition) is 5. The highest BCUT2D eigenvalue weighted by atomic mass is 32.2. The van der Waals surface area contributed by atoms with Gasteiger partial charge in [-0.3, -0.25) is 4.79 Å². The summed E-state index contributed by atoms with van der Waals surface area (Å²) in [5.74, 6) is 0.919. The molecule has 0 atom stereocenters. The van der Waals surface area contributed by atoms with E-state index in [0.717, 1.165) is 17.1 Å². The Balaban J connectivity index is 1.51. The Morgan fingerprint density at radius 3 is 2.64 bits per heavy atom. The van der Waals surface area contributed by atoms with Gasteiger partial charge in [-0.15, -0.1) is 5.10 Å². The van der Waals surface area contributed by atoms with Crippen LogP contribution in [0.5, 0.6) is 5.75 Å². The number of para-hydroxylation sites is 1. The minimum atomic E-state index is -0.106. The van der Waals surface area contributed by atoms with Crippen LogP contribution in [-0.4, -0.2) is 33.0 Å². The van der Waals surface area contributed by atoms with E-state index >= 15 is 0 Å². The Labute approximate surface area is 150 Å². The van der Waals surface area contributed by atoms with Crippen LogP contribution in [0.3, 0.4) is 0 Å². The lowest BCUT2D eigenvalue weighted by Crippen LogP contribution is -2.14. The number of carbonyl (C=O) groups excluding carboxylic acids is 1. The molecule has 0 aliphatic carbocycles. The lowest BCUT2D eigenvalue weighted by molar-refractivity contribution is -0.113. The van der Waals surface area contributed by atoms with Gasteiger partial charge in [-0.2, -0.15) is 0 Å². The molecule has 1 amide bonds. The summed E-state index contributed by atoms with van der Waals surface area (Å²) >= 11 is 1.29. The molecule has 1 heterocycles. The van der Waals surface area contributed by atoms with Gasteiger partial charge in [0.05, 0.1) is 18.0 Å². The third-order valence-corrected chi connectivity index (χ3v) is 4.12. The minimum Gasteiger partial charge on any atom is -0.494 e. The predicted octanol–water partition coefficient (Wildman–Crippen LogP) is 3.40. The molecule has 6 nitrogen and oxygen atoms in total. The summed E-state index contributed by atoms with van der Waals surface area (Å²) in [6, 6.07) is 17.0. The highest BCUT2D eigenvalue weighted by molar-refractivity contribution is 7.99. The van der Waals surface area contributed by atoms with Crippen LogP contribution in [0.15, 0.2) is 66.1 Å². The molecule has 128 valence electrons. The zero-order valence-electron chi connectivity index (χ0n) is 13.8. The third kappa shape index (κ3) is 4.84. The van der Waals surface area contributed by atoms with E-state index in [4.69, 9.17) is 4.74 Å². The molecular weight excluding hydrogens is 336 g/mol. The van der Waals surface area contributed by atoms with Crippen LogP contribution in [0.2, 0.25) is 0 Å². The summed E-state index contributed by atoms with van der Waals surface area (Å²) in [5.41, 5.74) is 1.66. The minimum absolute atomic E-state index is 0.106. The summed E-state index contributed by atoms with van der Waals surface area (Å²) < 4.78 is 7.06. The van der Waals surface area contributed by atoms with E-state index in [1.54, 1.807) is 11.0 Å². The molecule has 2 aromatic carbocycles. The maximum absolute atomic E-state index is 12.0. The van der Waals surface area contributed by atoms with Crippen LogP contribution < -0.4 is 10.1 Å². The molecule has 0 aliphatic heterocycles. The average Bonchev–Trinajstić information content (AvgIpc) is 3.12. The topological polar surface area (TPSA) is 69.0 Å².